The lowest BCUT2D eigenvalue weighted by atomic mass is 10.3. The molecule has 6 heteroatoms. The molecule has 0 unspecified atom stereocenters. The summed E-state index contributed by atoms with van der Waals surface area (Å²) < 4.78 is 5.63. The summed E-state index contributed by atoms with van der Waals surface area (Å²) in [5.74, 6) is 0.944. The standard InChI is InChI=1S/C13H10Cl2N2O2/c1-8(18)17-13-12(3-2-6-16-13)19-11-5-4-9(14)7-10(11)15/h2-7H,1H3,(H,16,17,18). The molecule has 4 nitrogen and oxygen atoms in total. The summed E-state index contributed by atoms with van der Waals surface area (Å²) in [6.45, 7) is 1.40. The zero-order valence-corrected chi connectivity index (χ0v) is 11.5. The molecule has 1 heterocycles. The van der Waals surface area contributed by atoms with Gasteiger partial charge in [0.2, 0.25) is 5.91 Å². The first-order chi connectivity index (χ1) is 9.06. The highest BCUT2D eigenvalue weighted by Gasteiger charge is 2.09. The molecule has 2 rings (SSSR count). The van der Waals surface area contributed by atoms with E-state index in [0.29, 0.717) is 27.4 Å². The molecule has 2 aromatic rings. The van der Waals surface area contributed by atoms with Gasteiger partial charge in [0.25, 0.3) is 0 Å². The maximum absolute atomic E-state index is 11.1. The van der Waals surface area contributed by atoms with Crippen molar-refractivity contribution in [3.8, 4) is 11.5 Å². The largest absolute Gasteiger partial charge is 0.452 e. The van der Waals surface area contributed by atoms with Crippen molar-refractivity contribution < 1.29 is 9.53 Å². The summed E-state index contributed by atoms with van der Waals surface area (Å²) in [4.78, 5) is 15.1. The lowest BCUT2D eigenvalue weighted by Crippen LogP contribution is -2.08. The van der Waals surface area contributed by atoms with Crippen LogP contribution in [0.1, 0.15) is 6.92 Å². The normalized spacial score (nSPS) is 10.1. The first-order valence-corrected chi connectivity index (χ1v) is 6.17. The number of hydrogen-bond donors (Lipinski definition) is 1. The predicted octanol–water partition coefficient (Wildman–Crippen LogP) is 4.14. The molecular formula is C13H10Cl2N2O2. The van der Waals surface area contributed by atoms with Crippen LogP contribution in [0.25, 0.3) is 0 Å². The Balaban J connectivity index is 2.30. The van der Waals surface area contributed by atoms with E-state index in [-0.39, 0.29) is 5.91 Å². The van der Waals surface area contributed by atoms with E-state index in [9.17, 15) is 4.79 Å². The van der Waals surface area contributed by atoms with Gasteiger partial charge in [-0.25, -0.2) is 4.98 Å². The lowest BCUT2D eigenvalue weighted by molar-refractivity contribution is -0.114. The van der Waals surface area contributed by atoms with E-state index in [4.69, 9.17) is 27.9 Å². The summed E-state index contributed by atoms with van der Waals surface area (Å²) in [5, 5.41) is 3.48. The van der Waals surface area contributed by atoms with Crippen molar-refractivity contribution in [2.24, 2.45) is 0 Å². The lowest BCUT2D eigenvalue weighted by Gasteiger charge is -2.11. The average Bonchev–Trinajstić information content (AvgIpc) is 2.34. The highest BCUT2D eigenvalue weighted by molar-refractivity contribution is 6.35. The Morgan fingerprint density at radius 3 is 2.74 bits per heavy atom. The molecule has 1 amide bonds. The fourth-order valence-electron chi connectivity index (χ4n) is 1.41. The van der Waals surface area contributed by atoms with Gasteiger partial charge >= 0.3 is 0 Å². The Labute approximate surface area is 120 Å². The van der Waals surface area contributed by atoms with Gasteiger partial charge in [0.05, 0.1) is 5.02 Å². The summed E-state index contributed by atoms with van der Waals surface area (Å²) in [7, 11) is 0. The van der Waals surface area contributed by atoms with Crippen LogP contribution < -0.4 is 10.1 Å². The third kappa shape index (κ3) is 3.59. The highest BCUT2D eigenvalue weighted by Crippen LogP contribution is 2.33. The van der Waals surface area contributed by atoms with Gasteiger partial charge < -0.3 is 10.1 Å². The van der Waals surface area contributed by atoms with Gasteiger partial charge in [0.15, 0.2) is 11.6 Å². The van der Waals surface area contributed by atoms with E-state index >= 15 is 0 Å². The number of hydrogen-bond acceptors (Lipinski definition) is 3. The van der Waals surface area contributed by atoms with Gasteiger partial charge in [0, 0.05) is 18.1 Å². The number of ether oxygens (including phenoxy) is 1. The second-order valence-corrected chi connectivity index (χ2v) is 4.55. The van der Waals surface area contributed by atoms with Crippen molar-refractivity contribution in [2.45, 2.75) is 6.92 Å². The molecule has 0 fully saturated rings. The van der Waals surface area contributed by atoms with E-state index in [0.717, 1.165) is 0 Å². The van der Waals surface area contributed by atoms with Gasteiger partial charge in [-0.1, -0.05) is 23.2 Å². The van der Waals surface area contributed by atoms with Crippen LogP contribution in [0.15, 0.2) is 36.5 Å². The number of pyridine rings is 1. The minimum atomic E-state index is -0.231. The maximum atomic E-state index is 11.1. The summed E-state index contributed by atoms with van der Waals surface area (Å²) in [6, 6.07) is 8.27. The van der Waals surface area contributed by atoms with E-state index < -0.39 is 0 Å². The van der Waals surface area contributed by atoms with Crippen molar-refractivity contribution in [3.63, 3.8) is 0 Å². The molecule has 0 radical (unpaired) electrons. The monoisotopic (exact) mass is 296 g/mol. The Morgan fingerprint density at radius 2 is 2.05 bits per heavy atom. The van der Waals surface area contributed by atoms with Crippen LogP contribution in [0.5, 0.6) is 11.5 Å². The summed E-state index contributed by atoms with van der Waals surface area (Å²) in [5.41, 5.74) is 0. The molecule has 0 aliphatic carbocycles. The Bertz CT molecular complexity index is 617. The second-order valence-electron chi connectivity index (χ2n) is 3.71. The van der Waals surface area contributed by atoms with E-state index in [2.05, 4.69) is 10.3 Å². The van der Waals surface area contributed by atoms with E-state index in [1.54, 1.807) is 36.5 Å². The van der Waals surface area contributed by atoms with Crippen LogP contribution in [0, 0.1) is 0 Å². The Hall–Kier alpha value is -1.78. The number of nitrogens with zero attached hydrogens (tertiary/aromatic N) is 1. The van der Waals surface area contributed by atoms with Crippen molar-refractivity contribution in [3.05, 3.63) is 46.6 Å². The van der Waals surface area contributed by atoms with Gasteiger partial charge in [-0.15, -0.1) is 0 Å². The molecule has 1 N–H and O–H groups in total. The van der Waals surface area contributed by atoms with Crippen LogP contribution >= 0.6 is 23.2 Å². The van der Waals surface area contributed by atoms with Gasteiger partial charge in [-0.3, -0.25) is 4.79 Å². The van der Waals surface area contributed by atoms with Crippen LogP contribution in [0.3, 0.4) is 0 Å². The fourth-order valence-corrected chi connectivity index (χ4v) is 1.86. The zero-order chi connectivity index (χ0) is 13.8. The van der Waals surface area contributed by atoms with Crippen LogP contribution in [-0.4, -0.2) is 10.9 Å². The Kier molecular flexibility index (Phi) is 4.24. The third-order valence-corrected chi connectivity index (χ3v) is 2.71. The minimum Gasteiger partial charge on any atom is -0.452 e. The predicted molar refractivity (Wildman–Crippen MR) is 75.1 cm³/mol. The average molecular weight is 297 g/mol. The number of aromatic nitrogens is 1. The SMILES string of the molecule is CC(=O)Nc1ncccc1Oc1ccc(Cl)cc1Cl. The highest BCUT2D eigenvalue weighted by atomic mass is 35.5. The molecular weight excluding hydrogens is 287 g/mol. The van der Waals surface area contributed by atoms with Crippen molar-refractivity contribution in [1.82, 2.24) is 4.98 Å². The molecule has 0 aliphatic heterocycles. The number of nitrogens with one attached hydrogen (secondary N) is 1. The molecule has 0 aliphatic rings. The molecule has 0 atom stereocenters. The maximum Gasteiger partial charge on any atom is 0.222 e. The first kappa shape index (κ1) is 13.6. The quantitative estimate of drug-likeness (QED) is 0.926. The van der Waals surface area contributed by atoms with Crippen molar-refractivity contribution in [1.29, 1.82) is 0 Å². The zero-order valence-electron chi connectivity index (χ0n) is 9.98. The number of anilines is 1. The van der Waals surface area contributed by atoms with Crippen molar-refractivity contribution in [2.75, 3.05) is 5.32 Å². The molecule has 0 saturated carbocycles. The number of amides is 1. The van der Waals surface area contributed by atoms with Gasteiger partial charge in [-0.05, 0) is 30.3 Å². The minimum absolute atomic E-state index is 0.231. The number of carbonyl (C=O) groups is 1. The number of carbonyl (C=O) groups excluding carboxylic acids is 1. The van der Waals surface area contributed by atoms with E-state index in [1.807, 2.05) is 0 Å². The molecule has 19 heavy (non-hydrogen) atoms. The number of rotatable bonds is 3. The van der Waals surface area contributed by atoms with Gasteiger partial charge in [-0.2, -0.15) is 0 Å². The molecule has 1 aromatic heterocycles. The van der Waals surface area contributed by atoms with Crippen molar-refractivity contribution >= 4 is 34.9 Å². The second kappa shape index (κ2) is 5.91. The number of benzene rings is 1. The van der Waals surface area contributed by atoms with Gasteiger partial charge in [0.1, 0.15) is 5.75 Å². The topological polar surface area (TPSA) is 51.2 Å². The summed E-state index contributed by atoms with van der Waals surface area (Å²) >= 11 is 11.8. The summed E-state index contributed by atoms with van der Waals surface area (Å²) in [6.07, 6.45) is 1.56. The third-order valence-electron chi connectivity index (χ3n) is 2.18. The molecule has 98 valence electrons. The molecule has 0 spiro atoms. The molecule has 1 aromatic carbocycles. The van der Waals surface area contributed by atoms with E-state index in [1.165, 1.54) is 6.92 Å². The molecule has 0 bridgehead atoms. The first-order valence-electron chi connectivity index (χ1n) is 5.42. The Morgan fingerprint density at radius 1 is 1.26 bits per heavy atom. The number of halogens is 2. The van der Waals surface area contributed by atoms with Crippen LogP contribution in [-0.2, 0) is 4.79 Å². The molecule has 0 saturated heterocycles. The van der Waals surface area contributed by atoms with Crippen LogP contribution in [0.4, 0.5) is 5.82 Å². The fraction of sp³-hybridized carbons (Fsp3) is 0.0769. The van der Waals surface area contributed by atoms with Crippen LogP contribution in [0.2, 0.25) is 10.0 Å². The smallest absolute Gasteiger partial charge is 0.222 e.